The third kappa shape index (κ3) is 2.60. The molecule has 5 heteroatoms. The molecule has 1 aromatic heterocycles. The Morgan fingerprint density at radius 2 is 2.00 bits per heavy atom. The van der Waals surface area contributed by atoms with Crippen LogP contribution in [0.25, 0.3) is 0 Å². The number of nitriles is 1. The summed E-state index contributed by atoms with van der Waals surface area (Å²) in [7, 11) is 0. The van der Waals surface area contributed by atoms with Crippen molar-refractivity contribution in [3.63, 3.8) is 0 Å². The van der Waals surface area contributed by atoms with E-state index in [4.69, 9.17) is 0 Å². The Balaban J connectivity index is 2.28. The van der Waals surface area contributed by atoms with Crippen molar-refractivity contribution < 1.29 is 5.11 Å². The molecule has 0 amide bonds. The number of rotatable bonds is 2. The van der Waals surface area contributed by atoms with Crippen LogP contribution < -0.4 is 0 Å². The average Bonchev–Trinajstić information content (AvgIpc) is 2.69. The highest BCUT2D eigenvalue weighted by atomic mass is 79.9. The summed E-state index contributed by atoms with van der Waals surface area (Å²) in [6, 6.07) is 4.28. The van der Waals surface area contributed by atoms with E-state index < -0.39 is 11.5 Å². The summed E-state index contributed by atoms with van der Waals surface area (Å²) in [6.45, 7) is 0. The monoisotopic (exact) mass is 377 g/mol. The Kier molecular flexibility index (Phi) is 4.30. The predicted octanol–water partition coefficient (Wildman–Crippen LogP) is 4.78. The molecule has 1 unspecified atom stereocenters. The minimum atomic E-state index is -0.666. The first-order chi connectivity index (χ1) is 8.09. The molecule has 0 bridgehead atoms. The van der Waals surface area contributed by atoms with Crippen LogP contribution in [0.1, 0.15) is 43.1 Å². The van der Waals surface area contributed by atoms with Gasteiger partial charge in [0.25, 0.3) is 0 Å². The topological polar surface area (TPSA) is 44.0 Å². The number of hydrogen-bond donors (Lipinski definition) is 1. The van der Waals surface area contributed by atoms with Crippen molar-refractivity contribution in [2.24, 2.45) is 5.41 Å². The molecule has 1 N–H and O–H groups in total. The van der Waals surface area contributed by atoms with Crippen LogP contribution in [0.4, 0.5) is 0 Å². The molecular formula is C12H13Br2NOS. The second-order valence-electron chi connectivity index (χ2n) is 4.50. The first kappa shape index (κ1) is 13.5. The van der Waals surface area contributed by atoms with Gasteiger partial charge in [-0.05, 0) is 50.8 Å². The predicted molar refractivity (Wildman–Crippen MR) is 75.8 cm³/mol. The highest BCUT2D eigenvalue weighted by Crippen LogP contribution is 2.48. The van der Waals surface area contributed by atoms with Gasteiger partial charge in [0.2, 0.25) is 0 Å². The second kappa shape index (κ2) is 5.40. The average molecular weight is 379 g/mol. The largest absolute Gasteiger partial charge is 0.386 e. The van der Waals surface area contributed by atoms with Gasteiger partial charge in [0, 0.05) is 9.35 Å². The Morgan fingerprint density at radius 3 is 2.47 bits per heavy atom. The van der Waals surface area contributed by atoms with Gasteiger partial charge in [-0.3, -0.25) is 0 Å². The lowest BCUT2D eigenvalue weighted by atomic mass is 9.71. The molecule has 1 aliphatic rings. The van der Waals surface area contributed by atoms with Crippen molar-refractivity contribution in [2.45, 2.75) is 38.2 Å². The van der Waals surface area contributed by atoms with E-state index >= 15 is 0 Å². The van der Waals surface area contributed by atoms with Gasteiger partial charge in [-0.2, -0.15) is 5.26 Å². The summed E-state index contributed by atoms with van der Waals surface area (Å²) in [4.78, 5) is 0.868. The summed E-state index contributed by atoms with van der Waals surface area (Å²) in [5.74, 6) is 0. The molecule has 17 heavy (non-hydrogen) atoms. The number of hydrogen-bond acceptors (Lipinski definition) is 3. The maximum Gasteiger partial charge on any atom is 0.107 e. The Hall–Kier alpha value is 0.110. The minimum absolute atomic E-state index is 0.581. The zero-order chi connectivity index (χ0) is 12.5. The number of aliphatic hydroxyl groups excluding tert-OH is 1. The van der Waals surface area contributed by atoms with Crippen LogP contribution in [0, 0.1) is 16.7 Å². The lowest BCUT2D eigenvalue weighted by Crippen LogP contribution is -2.29. The SMILES string of the molecule is N#CC1(C(O)c2cc(Br)c(Br)s2)CCCCC1. The highest BCUT2D eigenvalue weighted by Gasteiger charge is 2.41. The van der Waals surface area contributed by atoms with Crippen LogP contribution in [-0.4, -0.2) is 5.11 Å². The fourth-order valence-corrected chi connectivity index (χ4v) is 4.59. The first-order valence-electron chi connectivity index (χ1n) is 5.63. The van der Waals surface area contributed by atoms with Gasteiger partial charge in [0.15, 0.2) is 0 Å². The van der Waals surface area contributed by atoms with E-state index in [1.165, 1.54) is 17.8 Å². The Morgan fingerprint density at radius 1 is 1.35 bits per heavy atom. The smallest absolute Gasteiger partial charge is 0.107 e. The fourth-order valence-electron chi connectivity index (χ4n) is 2.40. The van der Waals surface area contributed by atoms with Gasteiger partial charge in [-0.25, -0.2) is 0 Å². The van der Waals surface area contributed by atoms with Crippen molar-refractivity contribution in [1.29, 1.82) is 5.26 Å². The highest BCUT2D eigenvalue weighted by molar-refractivity contribution is 9.13. The maximum atomic E-state index is 10.5. The van der Waals surface area contributed by atoms with E-state index in [0.717, 1.165) is 38.8 Å². The van der Waals surface area contributed by atoms with E-state index in [1.54, 1.807) is 0 Å². The molecular weight excluding hydrogens is 366 g/mol. The van der Waals surface area contributed by atoms with E-state index in [2.05, 4.69) is 37.9 Å². The molecule has 1 saturated carbocycles. The van der Waals surface area contributed by atoms with Gasteiger partial charge >= 0.3 is 0 Å². The zero-order valence-corrected chi connectivity index (χ0v) is 13.2. The normalized spacial score (nSPS) is 20.8. The van der Waals surface area contributed by atoms with Gasteiger partial charge in [-0.15, -0.1) is 11.3 Å². The third-order valence-corrected chi connectivity index (χ3v) is 6.73. The molecule has 1 atom stereocenters. The molecule has 0 radical (unpaired) electrons. The number of thiophene rings is 1. The lowest BCUT2D eigenvalue weighted by molar-refractivity contribution is 0.0387. The Labute approximate surface area is 122 Å². The van der Waals surface area contributed by atoms with E-state index in [0.29, 0.717) is 0 Å². The number of aliphatic hydroxyl groups is 1. The van der Waals surface area contributed by atoms with Gasteiger partial charge in [0.05, 0.1) is 15.3 Å². The molecule has 2 rings (SSSR count). The molecule has 0 saturated heterocycles. The van der Waals surface area contributed by atoms with Crippen molar-refractivity contribution in [3.05, 3.63) is 19.2 Å². The van der Waals surface area contributed by atoms with Crippen molar-refractivity contribution in [2.75, 3.05) is 0 Å². The minimum Gasteiger partial charge on any atom is -0.386 e. The molecule has 92 valence electrons. The van der Waals surface area contributed by atoms with Crippen LogP contribution in [-0.2, 0) is 0 Å². The molecule has 1 heterocycles. The van der Waals surface area contributed by atoms with Gasteiger partial charge in [-0.1, -0.05) is 19.3 Å². The number of nitrogens with zero attached hydrogens (tertiary/aromatic N) is 1. The maximum absolute atomic E-state index is 10.5. The van der Waals surface area contributed by atoms with Crippen LogP contribution in [0.3, 0.4) is 0 Å². The van der Waals surface area contributed by atoms with Gasteiger partial charge in [0.1, 0.15) is 6.10 Å². The summed E-state index contributed by atoms with van der Waals surface area (Å²) in [5, 5.41) is 19.9. The Bertz CT molecular complexity index is 426. The van der Waals surface area contributed by atoms with Crippen LogP contribution in [0.5, 0.6) is 0 Å². The fraction of sp³-hybridized carbons (Fsp3) is 0.583. The molecule has 0 aromatic carbocycles. The van der Waals surface area contributed by atoms with E-state index in [-0.39, 0.29) is 0 Å². The van der Waals surface area contributed by atoms with Crippen molar-refractivity contribution in [1.82, 2.24) is 0 Å². The summed E-state index contributed by atoms with van der Waals surface area (Å²) in [5.41, 5.74) is -0.581. The second-order valence-corrected chi connectivity index (χ2v) is 7.76. The molecule has 1 aliphatic carbocycles. The molecule has 1 fully saturated rings. The van der Waals surface area contributed by atoms with E-state index in [1.807, 2.05) is 6.07 Å². The summed E-state index contributed by atoms with van der Waals surface area (Å²) >= 11 is 8.34. The molecule has 0 aliphatic heterocycles. The van der Waals surface area contributed by atoms with Gasteiger partial charge < -0.3 is 5.11 Å². The standard InChI is InChI=1S/C12H13Br2NOS/c13-8-6-9(17-11(8)14)10(16)12(7-15)4-2-1-3-5-12/h6,10,16H,1-5H2. The van der Waals surface area contributed by atoms with Crippen LogP contribution in [0.15, 0.2) is 14.3 Å². The lowest BCUT2D eigenvalue weighted by Gasteiger charge is -2.34. The molecule has 1 aromatic rings. The summed E-state index contributed by atoms with van der Waals surface area (Å²) < 4.78 is 1.91. The van der Waals surface area contributed by atoms with Crippen molar-refractivity contribution >= 4 is 43.2 Å². The third-order valence-electron chi connectivity index (χ3n) is 3.43. The first-order valence-corrected chi connectivity index (χ1v) is 8.03. The van der Waals surface area contributed by atoms with Crippen molar-refractivity contribution in [3.8, 4) is 6.07 Å². The number of halogens is 2. The van der Waals surface area contributed by atoms with Crippen LogP contribution in [0.2, 0.25) is 0 Å². The summed E-state index contributed by atoms with van der Waals surface area (Å²) in [6.07, 6.45) is 4.20. The van der Waals surface area contributed by atoms with E-state index in [9.17, 15) is 10.4 Å². The zero-order valence-electron chi connectivity index (χ0n) is 9.25. The molecule has 0 spiro atoms. The quantitative estimate of drug-likeness (QED) is 0.804. The molecule has 2 nitrogen and oxygen atoms in total. The van der Waals surface area contributed by atoms with Crippen LogP contribution >= 0.6 is 43.2 Å².